The Kier molecular flexibility index (Phi) is 6.63. The van der Waals surface area contributed by atoms with E-state index in [-0.39, 0.29) is 17.2 Å². The third-order valence-electron chi connectivity index (χ3n) is 7.03. The minimum Gasteiger partial charge on any atom is -0.507 e. The van der Waals surface area contributed by atoms with E-state index in [0.29, 0.717) is 23.1 Å². The van der Waals surface area contributed by atoms with E-state index in [1.807, 2.05) is 18.0 Å². The Morgan fingerprint density at radius 2 is 2.09 bits per heavy atom. The van der Waals surface area contributed by atoms with Crippen LogP contribution in [0.15, 0.2) is 43.1 Å². The van der Waals surface area contributed by atoms with Gasteiger partial charge in [-0.3, -0.25) is 0 Å². The van der Waals surface area contributed by atoms with E-state index < -0.39 is 6.17 Å². The molecule has 2 heterocycles. The summed E-state index contributed by atoms with van der Waals surface area (Å²) in [5.41, 5.74) is 0.931. The second-order valence-electron chi connectivity index (χ2n) is 9.68. The molecule has 3 aromatic rings. The second-order valence-corrected chi connectivity index (χ2v) is 9.68. The maximum absolute atomic E-state index is 15.9. The van der Waals surface area contributed by atoms with E-state index in [4.69, 9.17) is 0 Å². The molecule has 1 fully saturated rings. The number of alkyl halides is 1. The number of aromatic nitrogens is 5. The van der Waals surface area contributed by atoms with Crippen LogP contribution < -0.4 is 4.90 Å². The van der Waals surface area contributed by atoms with Crippen LogP contribution in [0.4, 0.5) is 10.2 Å². The average molecular weight is 453 g/mol. The maximum atomic E-state index is 15.9. The van der Waals surface area contributed by atoms with Crippen molar-refractivity contribution in [2.45, 2.75) is 65.1 Å². The first-order valence-electron chi connectivity index (χ1n) is 11.7. The van der Waals surface area contributed by atoms with Crippen LogP contribution >= 0.6 is 0 Å². The van der Waals surface area contributed by atoms with E-state index in [2.05, 4.69) is 40.9 Å². The third kappa shape index (κ3) is 4.70. The number of benzene rings is 1. The van der Waals surface area contributed by atoms with Crippen LogP contribution in [0.1, 0.15) is 52.9 Å². The summed E-state index contributed by atoms with van der Waals surface area (Å²) in [6, 6.07) is 4.98. The topological polar surface area (TPSA) is 80.0 Å². The highest BCUT2D eigenvalue weighted by atomic mass is 19.1. The van der Waals surface area contributed by atoms with Crippen LogP contribution in [0.3, 0.4) is 0 Å². The van der Waals surface area contributed by atoms with Gasteiger partial charge in [0.05, 0.1) is 29.8 Å². The van der Waals surface area contributed by atoms with Gasteiger partial charge in [-0.25, -0.2) is 14.4 Å². The first kappa shape index (κ1) is 23.1. The molecule has 1 unspecified atom stereocenters. The molecule has 4 rings (SSSR count). The molecule has 0 saturated heterocycles. The molecule has 176 valence electrons. The van der Waals surface area contributed by atoms with Gasteiger partial charge >= 0.3 is 0 Å². The fraction of sp³-hybridized carbons (Fsp3) is 0.520. The summed E-state index contributed by atoms with van der Waals surface area (Å²) in [6.07, 6.45) is 10.3. The van der Waals surface area contributed by atoms with Gasteiger partial charge < -0.3 is 14.6 Å². The van der Waals surface area contributed by atoms with Gasteiger partial charge in [0.2, 0.25) is 0 Å². The summed E-state index contributed by atoms with van der Waals surface area (Å²) in [4.78, 5) is 10.4. The lowest BCUT2D eigenvalue weighted by atomic mass is 9.74. The highest BCUT2D eigenvalue weighted by Crippen LogP contribution is 2.44. The zero-order valence-electron chi connectivity index (χ0n) is 19.8. The number of rotatable bonds is 6. The van der Waals surface area contributed by atoms with Gasteiger partial charge in [-0.2, -0.15) is 0 Å². The summed E-state index contributed by atoms with van der Waals surface area (Å²) in [6.45, 7) is 6.44. The minimum atomic E-state index is -0.950. The first-order valence-corrected chi connectivity index (χ1v) is 11.7. The molecule has 1 N–H and O–H groups in total. The summed E-state index contributed by atoms with van der Waals surface area (Å²) < 4.78 is 17.7. The van der Waals surface area contributed by atoms with Crippen molar-refractivity contribution >= 4 is 5.82 Å². The zero-order chi connectivity index (χ0) is 23.6. The standard InChI is InChI=1S/C25H33FN6O/c1-5-10-25(3)14-17(2)6-9-20(23(25)26)31(4)22-15-28-24(30-29-22)19-8-7-18(13-21(19)33)32-12-11-27-16-32/h7-8,11-13,15-17,20,23,33H,5-6,9-10,14H2,1-4H3/t17?,20-,23+,25+/m0/s1. The first-order chi connectivity index (χ1) is 15.8. The molecule has 1 aliphatic rings. The summed E-state index contributed by atoms with van der Waals surface area (Å²) in [5, 5.41) is 19.1. The Morgan fingerprint density at radius 3 is 2.73 bits per heavy atom. The summed E-state index contributed by atoms with van der Waals surface area (Å²) in [7, 11) is 1.88. The van der Waals surface area contributed by atoms with E-state index >= 15 is 4.39 Å². The Morgan fingerprint density at radius 1 is 1.27 bits per heavy atom. The lowest BCUT2D eigenvalue weighted by Crippen LogP contribution is -2.46. The van der Waals surface area contributed by atoms with Crippen LogP contribution in [-0.2, 0) is 0 Å². The predicted octanol–water partition coefficient (Wildman–Crippen LogP) is 5.20. The van der Waals surface area contributed by atoms with E-state index in [0.717, 1.165) is 37.8 Å². The van der Waals surface area contributed by atoms with E-state index in [1.165, 1.54) is 0 Å². The van der Waals surface area contributed by atoms with Gasteiger partial charge in [-0.15, -0.1) is 10.2 Å². The molecule has 8 heteroatoms. The molecule has 7 nitrogen and oxygen atoms in total. The van der Waals surface area contributed by atoms with Gasteiger partial charge in [0.25, 0.3) is 0 Å². The fourth-order valence-electron chi connectivity index (χ4n) is 5.28. The van der Waals surface area contributed by atoms with Crippen molar-refractivity contribution in [2.75, 3.05) is 11.9 Å². The number of imidazole rings is 1. The molecule has 0 aliphatic heterocycles. The number of hydrogen-bond acceptors (Lipinski definition) is 6. The van der Waals surface area contributed by atoms with E-state index in [9.17, 15) is 5.11 Å². The highest BCUT2D eigenvalue weighted by molar-refractivity contribution is 5.66. The molecular weight excluding hydrogens is 419 g/mol. The lowest BCUT2D eigenvalue weighted by molar-refractivity contribution is 0.0790. The van der Waals surface area contributed by atoms with Crippen molar-refractivity contribution < 1.29 is 9.50 Å². The van der Waals surface area contributed by atoms with Crippen LogP contribution in [-0.4, -0.2) is 49.1 Å². The smallest absolute Gasteiger partial charge is 0.185 e. The van der Waals surface area contributed by atoms with Crippen LogP contribution in [0.2, 0.25) is 0 Å². The van der Waals surface area contributed by atoms with Crippen LogP contribution in [0, 0.1) is 11.3 Å². The number of anilines is 1. The number of phenols is 1. The summed E-state index contributed by atoms with van der Waals surface area (Å²) >= 11 is 0. The Bertz CT molecular complexity index is 1060. The van der Waals surface area contributed by atoms with Crippen molar-refractivity contribution in [3.8, 4) is 22.8 Å². The summed E-state index contributed by atoms with van der Waals surface area (Å²) in [5.74, 6) is 1.41. The Balaban J connectivity index is 1.55. The normalized spacial score (nSPS) is 25.5. The molecule has 1 aliphatic carbocycles. The van der Waals surface area contributed by atoms with Crippen molar-refractivity contribution in [1.29, 1.82) is 0 Å². The molecule has 1 aromatic carbocycles. The second kappa shape index (κ2) is 9.45. The van der Waals surface area contributed by atoms with Gasteiger partial charge in [0.1, 0.15) is 11.9 Å². The molecule has 4 atom stereocenters. The van der Waals surface area contributed by atoms with Gasteiger partial charge in [-0.05, 0) is 43.7 Å². The average Bonchev–Trinajstić information content (AvgIpc) is 3.31. The SMILES string of the molecule is CCC[C@]1(C)CC(C)CC[C@H](N(C)c2cnc(-c3ccc(-n4ccnc4)cc3O)nn2)[C@H]1F. The van der Waals surface area contributed by atoms with Crippen LogP contribution in [0.5, 0.6) is 5.75 Å². The van der Waals surface area contributed by atoms with Crippen molar-refractivity contribution in [3.63, 3.8) is 0 Å². The van der Waals surface area contributed by atoms with Crippen LogP contribution in [0.25, 0.3) is 17.1 Å². The number of nitrogens with zero attached hydrogens (tertiary/aromatic N) is 6. The molecule has 0 bridgehead atoms. The molecule has 2 aromatic heterocycles. The molecule has 1 saturated carbocycles. The third-order valence-corrected chi connectivity index (χ3v) is 7.03. The number of aromatic hydroxyl groups is 1. The highest BCUT2D eigenvalue weighted by Gasteiger charge is 2.44. The minimum absolute atomic E-state index is 0.0565. The molecule has 0 spiro atoms. The molecule has 33 heavy (non-hydrogen) atoms. The number of halogens is 1. The quantitative estimate of drug-likeness (QED) is 0.518. The largest absolute Gasteiger partial charge is 0.507 e. The fourth-order valence-corrected chi connectivity index (χ4v) is 5.28. The molecule has 0 amide bonds. The van der Waals surface area contributed by atoms with Gasteiger partial charge in [-0.1, -0.05) is 27.2 Å². The Hall–Kier alpha value is -3.03. The molecular formula is C25H33FN6O. The van der Waals surface area contributed by atoms with Gasteiger partial charge in [0, 0.05) is 30.9 Å². The zero-order valence-corrected chi connectivity index (χ0v) is 19.8. The van der Waals surface area contributed by atoms with Crippen molar-refractivity contribution in [1.82, 2.24) is 24.7 Å². The number of hydrogen-bond donors (Lipinski definition) is 1. The van der Waals surface area contributed by atoms with Crippen molar-refractivity contribution in [3.05, 3.63) is 43.1 Å². The predicted molar refractivity (Wildman–Crippen MR) is 127 cm³/mol. The number of phenolic OH excluding ortho intramolecular Hbond substituents is 1. The van der Waals surface area contributed by atoms with Crippen molar-refractivity contribution in [2.24, 2.45) is 11.3 Å². The van der Waals surface area contributed by atoms with Gasteiger partial charge in [0.15, 0.2) is 11.6 Å². The lowest BCUT2D eigenvalue weighted by Gasteiger charge is -2.39. The molecule has 0 radical (unpaired) electrons. The Labute approximate surface area is 194 Å². The monoisotopic (exact) mass is 452 g/mol. The van der Waals surface area contributed by atoms with E-state index in [1.54, 1.807) is 41.6 Å². The maximum Gasteiger partial charge on any atom is 0.185 e.